The molecule has 0 radical (unpaired) electrons. The van der Waals surface area contributed by atoms with Crippen molar-refractivity contribution in [1.29, 1.82) is 0 Å². The quantitative estimate of drug-likeness (QED) is 0.717. The molecule has 0 heterocycles. The number of halogens is 1. The largest absolute Gasteiger partial charge is 0.493 e. The number of carboxylic acids is 1. The Morgan fingerprint density at radius 1 is 1.25 bits per heavy atom. The third-order valence-electron chi connectivity index (χ3n) is 3.40. The van der Waals surface area contributed by atoms with Crippen molar-refractivity contribution in [1.82, 2.24) is 5.32 Å². The number of rotatable bonds is 8. The van der Waals surface area contributed by atoms with Gasteiger partial charge in [0.2, 0.25) is 0 Å². The van der Waals surface area contributed by atoms with Crippen LogP contribution in [0.5, 0.6) is 11.5 Å². The first-order valence-corrected chi connectivity index (χ1v) is 8.26. The van der Waals surface area contributed by atoms with Crippen LogP contribution in [0.15, 0.2) is 40.9 Å². The van der Waals surface area contributed by atoms with Gasteiger partial charge in [-0.3, -0.25) is 4.79 Å². The van der Waals surface area contributed by atoms with Crippen molar-refractivity contribution in [2.75, 3.05) is 13.7 Å². The van der Waals surface area contributed by atoms with Gasteiger partial charge < -0.3 is 19.9 Å². The summed E-state index contributed by atoms with van der Waals surface area (Å²) >= 11 is 3.49. The van der Waals surface area contributed by atoms with Crippen LogP contribution < -0.4 is 14.8 Å². The van der Waals surface area contributed by atoms with Crippen LogP contribution in [0.2, 0.25) is 0 Å². The van der Waals surface area contributed by atoms with E-state index in [1.54, 1.807) is 7.11 Å². The summed E-state index contributed by atoms with van der Waals surface area (Å²) in [6.45, 7) is 2.81. The maximum Gasteiger partial charge on any atom is 0.317 e. The van der Waals surface area contributed by atoms with Gasteiger partial charge in [-0.05, 0) is 30.2 Å². The number of aliphatic carboxylic acids is 1. The number of methoxy groups -OCH3 is 1. The SMILES string of the molecule is COc1cc(CNCC(=O)O)c(Br)cc1OCc1cccc(C)c1. The molecule has 0 amide bonds. The van der Waals surface area contributed by atoms with Crippen molar-refractivity contribution in [3.63, 3.8) is 0 Å². The Balaban J connectivity index is 2.09. The van der Waals surface area contributed by atoms with Crippen LogP contribution >= 0.6 is 15.9 Å². The van der Waals surface area contributed by atoms with Gasteiger partial charge in [0.05, 0.1) is 13.7 Å². The second-order valence-electron chi connectivity index (χ2n) is 5.37. The van der Waals surface area contributed by atoms with Crippen LogP contribution in [-0.2, 0) is 17.9 Å². The molecule has 0 aliphatic carbocycles. The molecule has 2 rings (SSSR count). The lowest BCUT2D eigenvalue weighted by atomic mass is 10.1. The molecule has 2 aromatic rings. The number of benzene rings is 2. The summed E-state index contributed by atoms with van der Waals surface area (Å²) in [5.74, 6) is 0.349. The average Bonchev–Trinajstić information content (AvgIpc) is 2.54. The van der Waals surface area contributed by atoms with Crippen LogP contribution in [0.4, 0.5) is 0 Å². The van der Waals surface area contributed by atoms with Crippen LogP contribution in [0.25, 0.3) is 0 Å². The summed E-state index contributed by atoms with van der Waals surface area (Å²) in [5.41, 5.74) is 3.17. The molecule has 5 nitrogen and oxygen atoms in total. The number of hydrogen-bond acceptors (Lipinski definition) is 4. The fourth-order valence-corrected chi connectivity index (χ4v) is 2.71. The zero-order valence-corrected chi connectivity index (χ0v) is 15.2. The molecule has 0 saturated heterocycles. The number of aryl methyl sites for hydroxylation is 1. The smallest absolute Gasteiger partial charge is 0.317 e. The Morgan fingerprint density at radius 2 is 2.04 bits per heavy atom. The van der Waals surface area contributed by atoms with Gasteiger partial charge in [-0.1, -0.05) is 45.8 Å². The average molecular weight is 394 g/mol. The van der Waals surface area contributed by atoms with Crippen LogP contribution in [0, 0.1) is 6.92 Å². The zero-order chi connectivity index (χ0) is 17.5. The third kappa shape index (κ3) is 5.25. The molecule has 0 fully saturated rings. The molecule has 0 bridgehead atoms. The van der Waals surface area contributed by atoms with Gasteiger partial charge in [-0.15, -0.1) is 0 Å². The molecular formula is C18H20BrNO4. The minimum Gasteiger partial charge on any atom is -0.493 e. The number of hydrogen-bond donors (Lipinski definition) is 2. The molecular weight excluding hydrogens is 374 g/mol. The second-order valence-corrected chi connectivity index (χ2v) is 6.22. The summed E-state index contributed by atoms with van der Waals surface area (Å²) in [4.78, 5) is 10.6. The van der Waals surface area contributed by atoms with E-state index in [0.29, 0.717) is 24.7 Å². The first kappa shape index (κ1) is 18.3. The Kier molecular flexibility index (Phi) is 6.63. The van der Waals surface area contributed by atoms with E-state index in [4.69, 9.17) is 14.6 Å². The summed E-state index contributed by atoms with van der Waals surface area (Å²) in [7, 11) is 1.58. The fraction of sp³-hybridized carbons (Fsp3) is 0.278. The molecule has 0 atom stereocenters. The van der Waals surface area contributed by atoms with Crippen molar-refractivity contribution in [2.24, 2.45) is 0 Å². The molecule has 6 heteroatoms. The Hall–Kier alpha value is -2.05. The van der Waals surface area contributed by atoms with E-state index in [1.165, 1.54) is 5.56 Å². The molecule has 0 aliphatic heterocycles. The highest BCUT2D eigenvalue weighted by Gasteiger charge is 2.11. The highest BCUT2D eigenvalue weighted by Crippen LogP contribution is 2.34. The minimum atomic E-state index is -0.892. The standard InChI is InChI=1S/C18H20BrNO4/c1-12-4-3-5-13(6-12)11-24-17-8-15(19)14(7-16(17)23-2)9-20-10-18(21)22/h3-8,20H,9-11H2,1-2H3,(H,21,22). The van der Waals surface area contributed by atoms with Crippen LogP contribution in [-0.4, -0.2) is 24.7 Å². The van der Waals surface area contributed by atoms with Crippen molar-refractivity contribution in [3.05, 3.63) is 57.6 Å². The van der Waals surface area contributed by atoms with Crippen molar-refractivity contribution in [3.8, 4) is 11.5 Å². The lowest BCUT2D eigenvalue weighted by molar-refractivity contribution is -0.135. The number of ether oxygens (including phenoxy) is 2. The molecule has 2 N–H and O–H groups in total. The number of nitrogens with one attached hydrogen (secondary N) is 1. The van der Waals surface area contributed by atoms with Gasteiger partial charge in [0, 0.05) is 11.0 Å². The predicted octanol–water partition coefficient (Wildman–Crippen LogP) is 3.52. The van der Waals surface area contributed by atoms with Gasteiger partial charge in [-0.25, -0.2) is 0 Å². The lowest BCUT2D eigenvalue weighted by Gasteiger charge is -2.14. The Bertz CT molecular complexity index is 718. The van der Waals surface area contributed by atoms with Crippen molar-refractivity contribution >= 4 is 21.9 Å². The van der Waals surface area contributed by atoms with Crippen LogP contribution in [0.1, 0.15) is 16.7 Å². The minimum absolute atomic E-state index is 0.0969. The fourth-order valence-electron chi connectivity index (χ4n) is 2.25. The Morgan fingerprint density at radius 3 is 2.71 bits per heavy atom. The molecule has 2 aromatic carbocycles. The molecule has 0 saturated carbocycles. The van der Waals surface area contributed by atoms with E-state index >= 15 is 0 Å². The normalized spacial score (nSPS) is 10.5. The van der Waals surface area contributed by atoms with E-state index in [0.717, 1.165) is 15.6 Å². The maximum atomic E-state index is 10.6. The summed E-state index contributed by atoms with van der Waals surface area (Å²) in [6.07, 6.45) is 0. The van der Waals surface area contributed by atoms with Gasteiger partial charge in [0.1, 0.15) is 6.61 Å². The van der Waals surface area contributed by atoms with E-state index < -0.39 is 5.97 Å². The highest BCUT2D eigenvalue weighted by atomic mass is 79.9. The zero-order valence-electron chi connectivity index (χ0n) is 13.6. The predicted molar refractivity (Wildman–Crippen MR) is 95.5 cm³/mol. The first-order valence-electron chi connectivity index (χ1n) is 7.47. The molecule has 128 valence electrons. The van der Waals surface area contributed by atoms with Gasteiger partial charge in [0.15, 0.2) is 11.5 Å². The Labute approximate surface area is 149 Å². The number of carboxylic acid groups (broad SMARTS) is 1. The number of carbonyl (C=O) groups is 1. The summed E-state index contributed by atoms with van der Waals surface area (Å²) in [5, 5.41) is 11.5. The molecule has 0 unspecified atom stereocenters. The van der Waals surface area contributed by atoms with Crippen LogP contribution in [0.3, 0.4) is 0 Å². The van der Waals surface area contributed by atoms with Crippen molar-refractivity contribution in [2.45, 2.75) is 20.1 Å². The molecule has 0 aromatic heterocycles. The second kappa shape index (κ2) is 8.70. The molecule has 0 spiro atoms. The first-order chi connectivity index (χ1) is 11.5. The summed E-state index contributed by atoms with van der Waals surface area (Å²) < 4.78 is 12.1. The molecule has 0 aliphatic rings. The van der Waals surface area contributed by atoms with E-state index in [-0.39, 0.29) is 6.54 Å². The van der Waals surface area contributed by atoms with Gasteiger partial charge in [-0.2, -0.15) is 0 Å². The topological polar surface area (TPSA) is 67.8 Å². The highest BCUT2D eigenvalue weighted by molar-refractivity contribution is 9.10. The third-order valence-corrected chi connectivity index (χ3v) is 4.14. The monoisotopic (exact) mass is 393 g/mol. The van der Waals surface area contributed by atoms with Gasteiger partial charge in [0.25, 0.3) is 0 Å². The van der Waals surface area contributed by atoms with E-state index in [1.807, 2.05) is 37.3 Å². The van der Waals surface area contributed by atoms with E-state index in [9.17, 15) is 4.79 Å². The molecule has 24 heavy (non-hydrogen) atoms. The van der Waals surface area contributed by atoms with Gasteiger partial charge >= 0.3 is 5.97 Å². The van der Waals surface area contributed by atoms with Crippen molar-refractivity contribution < 1.29 is 19.4 Å². The lowest BCUT2D eigenvalue weighted by Crippen LogP contribution is -2.22. The van der Waals surface area contributed by atoms with E-state index in [2.05, 4.69) is 27.3 Å². The maximum absolute atomic E-state index is 10.6. The summed E-state index contributed by atoms with van der Waals surface area (Å²) in [6, 6.07) is 11.8.